The standard InChI is InChI=1S/C17H14NO3S/c1-12-7-9-13(10-8-12)17(19)15-11-14-5-3-4-6-16(14)22(20,21)18(15)2/h3-10H,1-2H3. The summed E-state index contributed by atoms with van der Waals surface area (Å²) < 4.78 is 26.0. The smallest absolute Gasteiger partial charge is 0.264 e. The topological polar surface area (TPSA) is 54.5 Å². The normalized spacial score (nSPS) is 15.9. The Hall–Kier alpha value is -2.40. The van der Waals surface area contributed by atoms with Gasteiger partial charge < -0.3 is 0 Å². The Morgan fingerprint density at radius 2 is 1.68 bits per heavy atom. The van der Waals surface area contributed by atoms with E-state index in [0.29, 0.717) is 11.1 Å². The lowest BCUT2D eigenvalue weighted by Gasteiger charge is -2.26. The van der Waals surface area contributed by atoms with Gasteiger partial charge in [-0.2, -0.15) is 0 Å². The summed E-state index contributed by atoms with van der Waals surface area (Å²) in [5.41, 5.74) is 1.91. The molecule has 0 saturated heterocycles. The molecule has 5 heteroatoms. The van der Waals surface area contributed by atoms with Crippen molar-refractivity contribution in [1.29, 1.82) is 0 Å². The number of hydrogen-bond acceptors (Lipinski definition) is 3. The second kappa shape index (κ2) is 5.10. The average molecular weight is 312 g/mol. The number of hydrogen-bond donors (Lipinski definition) is 0. The molecule has 111 valence electrons. The highest BCUT2D eigenvalue weighted by Gasteiger charge is 2.33. The molecule has 0 bridgehead atoms. The SMILES string of the molecule is Cc1ccc(C(=O)C2=[C]c3ccccc3S(=O)(=O)N2C)cc1. The summed E-state index contributed by atoms with van der Waals surface area (Å²) in [5.74, 6) is -0.361. The molecule has 0 aliphatic carbocycles. The second-order valence-corrected chi connectivity index (χ2v) is 7.08. The maximum atomic E-state index is 12.6. The van der Waals surface area contributed by atoms with Crippen LogP contribution >= 0.6 is 0 Å². The van der Waals surface area contributed by atoms with Crippen molar-refractivity contribution in [3.63, 3.8) is 0 Å². The third-order valence-corrected chi connectivity index (χ3v) is 5.44. The lowest BCUT2D eigenvalue weighted by Crippen LogP contribution is -2.33. The van der Waals surface area contributed by atoms with Crippen molar-refractivity contribution in [3.8, 4) is 0 Å². The van der Waals surface area contributed by atoms with Gasteiger partial charge in [0.2, 0.25) is 5.78 Å². The van der Waals surface area contributed by atoms with E-state index in [2.05, 4.69) is 6.08 Å². The van der Waals surface area contributed by atoms with Gasteiger partial charge in [0.05, 0.1) is 4.90 Å². The first kappa shape index (κ1) is 14.5. The van der Waals surface area contributed by atoms with Gasteiger partial charge in [0, 0.05) is 24.3 Å². The van der Waals surface area contributed by atoms with Crippen LogP contribution in [0, 0.1) is 13.0 Å². The fourth-order valence-electron chi connectivity index (χ4n) is 2.31. The molecule has 2 aromatic carbocycles. The van der Waals surface area contributed by atoms with Gasteiger partial charge in [-0.3, -0.25) is 9.10 Å². The first-order valence-electron chi connectivity index (χ1n) is 6.74. The van der Waals surface area contributed by atoms with Crippen molar-refractivity contribution in [2.24, 2.45) is 0 Å². The molecule has 22 heavy (non-hydrogen) atoms. The van der Waals surface area contributed by atoms with Gasteiger partial charge in [-0.25, -0.2) is 8.42 Å². The minimum Gasteiger partial charge on any atom is -0.287 e. The highest BCUT2D eigenvalue weighted by molar-refractivity contribution is 7.89. The van der Waals surface area contributed by atoms with Crippen molar-refractivity contribution in [2.75, 3.05) is 7.05 Å². The van der Waals surface area contributed by atoms with E-state index in [9.17, 15) is 13.2 Å². The molecule has 0 saturated carbocycles. The van der Waals surface area contributed by atoms with Crippen molar-refractivity contribution >= 4 is 15.8 Å². The number of rotatable bonds is 2. The largest absolute Gasteiger partial charge is 0.287 e. The number of benzene rings is 2. The summed E-state index contributed by atoms with van der Waals surface area (Å²) in [7, 11) is -2.34. The zero-order valence-electron chi connectivity index (χ0n) is 12.2. The highest BCUT2D eigenvalue weighted by Crippen LogP contribution is 2.29. The number of allylic oxidation sites excluding steroid dienone is 1. The predicted octanol–water partition coefficient (Wildman–Crippen LogP) is 2.55. The first-order valence-corrected chi connectivity index (χ1v) is 8.18. The molecular formula is C17H14NO3S. The average Bonchev–Trinajstić information content (AvgIpc) is 2.51. The zero-order chi connectivity index (χ0) is 15.9. The highest BCUT2D eigenvalue weighted by atomic mass is 32.2. The molecule has 1 heterocycles. The van der Waals surface area contributed by atoms with Crippen LogP contribution < -0.4 is 0 Å². The van der Waals surface area contributed by atoms with E-state index in [4.69, 9.17) is 0 Å². The van der Waals surface area contributed by atoms with Crippen LogP contribution in [0.1, 0.15) is 21.5 Å². The van der Waals surface area contributed by atoms with Crippen LogP contribution in [-0.4, -0.2) is 25.6 Å². The number of sulfonamides is 1. The van der Waals surface area contributed by atoms with Gasteiger partial charge >= 0.3 is 0 Å². The molecule has 0 N–H and O–H groups in total. The Kier molecular flexibility index (Phi) is 3.37. The molecule has 0 fully saturated rings. The Morgan fingerprint density at radius 3 is 2.36 bits per heavy atom. The van der Waals surface area contributed by atoms with Crippen molar-refractivity contribution < 1.29 is 13.2 Å². The molecule has 1 radical (unpaired) electrons. The molecule has 1 aliphatic rings. The number of fused-ring (bicyclic) bond motifs is 1. The summed E-state index contributed by atoms with van der Waals surface area (Å²) in [4.78, 5) is 12.8. The molecule has 3 rings (SSSR count). The Labute approximate surface area is 129 Å². The maximum Gasteiger partial charge on any atom is 0.264 e. The molecule has 4 nitrogen and oxygen atoms in total. The van der Waals surface area contributed by atoms with Crippen LogP contribution in [0.4, 0.5) is 0 Å². The van der Waals surface area contributed by atoms with Crippen LogP contribution in [0.25, 0.3) is 0 Å². The van der Waals surface area contributed by atoms with E-state index in [1.54, 1.807) is 30.3 Å². The van der Waals surface area contributed by atoms with Gasteiger partial charge in [0.15, 0.2) is 0 Å². The van der Waals surface area contributed by atoms with E-state index in [-0.39, 0.29) is 16.4 Å². The van der Waals surface area contributed by atoms with E-state index in [1.807, 2.05) is 19.1 Å². The van der Waals surface area contributed by atoms with Crippen LogP contribution in [-0.2, 0) is 10.0 Å². The second-order valence-electron chi connectivity index (χ2n) is 5.14. The lowest BCUT2D eigenvalue weighted by atomic mass is 10.0. The van der Waals surface area contributed by atoms with Crippen molar-refractivity contribution in [3.05, 3.63) is 77.0 Å². The molecular weight excluding hydrogens is 298 g/mol. The summed E-state index contributed by atoms with van der Waals surface area (Å²) in [6, 6.07) is 13.5. The fraction of sp³-hybridized carbons (Fsp3) is 0.118. The minimum absolute atomic E-state index is 0.0301. The Bertz CT molecular complexity index is 880. The van der Waals surface area contributed by atoms with Crippen molar-refractivity contribution in [2.45, 2.75) is 11.8 Å². The molecule has 0 spiro atoms. The maximum absolute atomic E-state index is 12.6. The van der Waals surface area contributed by atoms with Crippen LogP contribution in [0.2, 0.25) is 0 Å². The molecule has 0 unspecified atom stereocenters. The quantitative estimate of drug-likeness (QED) is 0.801. The fourth-order valence-corrected chi connectivity index (χ4v) is 3.62. The van der Waals surface area contributed by atoms with Gasteiger partial charge in [0.25, 0.3) is 10.0 Å². The molecule has 0 aromatic heterocycles. The molecule has 2 aromatic rings. The summed E-state index contributed by atoms with van der Waals surface area (Å²) >= 11 is 0. The van der Waals surface area contributed by atoms with Crippen LogP contribution in [0.15, 0.2) is 59.1 Å². The summed E-state index contributed by atoms with van der Waals surface area (Å²) in [5, 5.41) is 0. The number of aryl methyl sites for hydroxylation is 1. The molecule has 0 atom stereocenters. The van der Waals surface area contributed by atoms with E-state index in [0.717, 1.165) is 9.87 Å². The number of carbonyl (C=O) groups is 1. The summed E-state index contributed by atoms with van der Waals surface area (Å²) in [6.07, 6.45) is 2.93. The number of Topliss-reactive ketones (excluding diaryl/α,β-unsaturated/α-hetero) is 1. The van der Waals surface area contributed by atoms with Gasteiger partial charge in [0.1, 0.15) is 5.70 Å². The first-order chi connectivity index (χ1) is 10.4. The Balaban J connectivity index is 2.13. The van der Waals surface area contributed by atoms with E-state index in [1.165, 1.54) is 13.1 Å². The number of nitrogens with zero attached hydrogens (tertiary/aromatic N) is 1. The number of likely N-dealkylation sites (N-methyl/N-ethyl adjacent to an activating group) is 1. The third kappa shape index (κ3) is 2.23. The molecule has 1 aliphatic heterocycles. The molecule has 0 amide bonds. The monoisotopic (exact) mass is 312 g/mol. The summed E-state index contributed by atoms with van der Waals surface area (Å²) in [6.45, 7) is 1.92. The van der Waals surface area contributed by atoms with Gasteiger partial charge in [-0.05, 0) is 13.0 Å². The zero-order valence-corrected chi connectivity index (χ0v) is 13.0. The van der Waals surface area contributed by atoms with E-state index >= 15 is 0 Å². The van der Waals surface area contributed by atoms with Crippen molar-refractivity contribution in [1.82, 2.24) is 4.31 Å². The van der Waals surface area contributed by atoms with Crippen LogP contribution in [0.5, 0.6) is 0 Å². The minimum atomic E-state index is -3.72. The predicted molar refractivity (Wildman–Crippen MR) is 82.8 cm³/mol. The van der Waals surface area contributed by atoms with E-state index < -0.39 is 10.0 Å². The third-order valence-electron chi connectivity index (χ3n) is 3.62. The van der Waals surface area contributed by atoms with Crippen LogP contribution in [0.3, 0.4) is 0 Å². The number of ketones is 1. The van der Waals surface area contributed by atoms with Gasteiger partial charge in [-0.15, -0.1) is 0 Å². The Morgan fingerprint density at radius 1 is 1.05 bits per heavy atom. The lowest BCUT2D eigenvalue weighted by molar-refractivity contribution is 0.101. The van der Waals surface area contributed by atoms with Gasteiger partial charge in [-0.1, -0.05) is 48.0 Å². The number of carbonyl (C=O) groups excluding carboxylic acids is 1.